The number of aliphatic imine (C=N–C) groups is 1. The molecule has 0 N–H and O–H groups in total. The van der Waals surface area contributed by atoms with Gasteiger partial charge in [0, 0.05) is 14.2 Å². The minimum Gasteiger partial charge on any atom is -0.480 e. The van der Waals surface area contributed by atoms with Gasteiger partial charge in [-0.25, -0.2) is 9.79 Å². The molecule has 0 aromatic rings. The van der Waals surface area contributed by atoms with Gasteiger partial charge in [0.2, 0.25) is 6.08 Å². The molecule has 0 aromatic heterocycles. The van der Waals surface area contributed by atoms with Crippen LogP contribution >= 0.6 is 0 Å². The van der Waals surface area contributed by atoms with E-state index in [2.05, 4.69) is 4.99 Å². The fraction of sp³-hybridized carbons (Fsp3) is 0.750. The normalized spacial score (nSPS) is 8.22. The van der Waals surface area contributed by atoms with Gasteiger partial charge in [-0.15, -0.1) is 0 Å². The van der Waals surface area contributed by atoms with Gasteiger partial charge in [-0.2, -0.15) is 0 Å². The lowest BCUT2D eigenvalue weighted by Crippen LogP contribution is -2.23. The Hall–Kier alpha value is -0.168. The van der Waals surface area contributed by atoms with Crippen molar-refractivity contribution in [3.63, 3.8) is 0 Å². The summed E-state index contributed by atoms with van der Waals surface area (Å²) in [4.78, 5) is 12.9. The topological polar surface area (TPSA) is 47.9 Å². The Morgan fingerprint density at radius 1 is 1.56 bits per heavy atom. The quantitative estimate of drug-likeness (QED) is 0.308. The van der Waals surface area contributed by atoms with Crippen molar-refractivity contribution in [1.29, 1.82) is 0 Å². The first-order chi connectivity index (χ1) is 4.35. The first kappa shape index (κ1) is 8.83. The summed E-state index contributed by atoms with van der Waals surface area (Å²) in [6.07, 6.45) is 1.42. The van der Waals surface area contributed by atoms with Crippen LogP contribution in [0.1, 0.15) is 0 Å². The molecule has 0 aliphatic rings. The third-order valence-electron chi connectivity index (χ3n) is 0.831. The molecule has 50 valence electrons. The van der Waals surface area contributed by atoms with Crippen LogP contribution in [0, 0.1) is 0 Å². The molecule has 5 heteroatoms. The van der Waals surface area contributed by atoms with Crippen molar-refractivity contribution >= 4 is 20.9 Å². The van der Waals surface area contributed by atoms with Crippen LogP contribution in [0.15, 0.2) is 4.99 Å². The molecule has 0 aromatic carbocycles. The molecule has 0 aliphatic carbocycles. The lowest BCUT2D eigenvalue weighted by atomic mass is 11.4. The van der Waals surface area contributed by atoms with Crippen LogP contribution < -0.4 is 0 Å². The molecule has 0 aliphatic heterocycles. The summed E-state index contributed by atoms with van der Waals surface area (Å²) in [5.41, 5.74) is 0. The van der Waals surface area contributed by atoms with Crippen LogP contribution in [0.2, 0.25) is 0 Å². The SMILES string of the molecule is C[O][Al]([CH2]N=C=O)[O]C. The van der Waals surface area contributed by atoms with Gasteiger partial charge >= 0.3 is 14.8 Å². The fourth-order valence-corrected chi connectivity index (χ4v) is 1.07. The van der Waals surface area contributed by atoms with Crippen molar-refractivity contribution in [3.05, 3.63) is 0 Å². The Balaban J connectivity index is 3.42. The van der Waals surface area contributed by atoms with Gasteiger partial charge in [-0.05, 0) is 0 Å². The largest absolute Gasteiger partial charge is 0.699 e. The molecule has 0 heterocycles. The minimum absolute atomic E-state index is 0.344. The van der Waals surface area contributed by atoms with E-state index in [9.17, 15) is 4.79 Å². The monoisotopic (exact) mass is 145 g/mol. The number of rotatable bonds is 4. The van der Waals surface area contributed by atoms with E-state index in [0.29, 0.717) is 5.41 Å². The zero-order valence-electron chi connectivity index (χ0n) is 5.46. The molecular formula is C4H8AlNO3. The van der Waals surface area contributed by atoms with Crippen molar-refractivity contribution in [2.45, 2.75) is 0 Å². The van der Waals surface area contributed by atoms with Crippen molar-refractivity contribution in [3.8, 4) is 0 Å². The molecule has 0 saturated heterocycles. The Kier molecular flexibility index (Phi) is 5.85. The van der Waals surface area contributed by atoms with Crippen LogP contribution in [0.25, 0.3) is 0 Å². The molecule has 0 atom stereocenters. The van der Waals surface area contributed by atoms with Gasteiger partial charge in [0.05, 0.1) is 5.41 Å². The number of carbonyl (C=O) groups excluding carboxylic acids is 1. The number of isocyanates is 1. The van der Waals surface area contributed by atoms with E-state index in [1.165, 1.54) is 6.08 Å². The molecule has 0 bridgehead atoms. The number of hydrogen-bond donors (Lipinski definition) is 0. The highest BCUT2D eigenvalue weighted by Crippen LogP contribution is 1.83. The van der Waals surface area contributed by atoms with Crippen LogP contribution in [0.4, 0.5) is 0 Å². The average Bonchev–Trinajstić information content (AvgIpc) is 1.91. The summed E-state index contributed by atoms with van der Waals surface area (Å²) in [7, 11) is 3.08. The summed E-state index contributed by atoms with van der Waals surface area (Å²) in [5, 5.41) is 0.344. The Labute approximate surface area is 58.5 Å². The Bertz CT molecular complexity index is 108. The third-order valence-corrected chi connectivity index (χ3v) is 2.36. The summed E-state index contributed by atoms with van der Waals surface area (Å²) < 4.78 is 9.69. The highest BCUT2D eigenvalue weighted by Gasteiger charge is 2.20. The van der Waals surface area contributed by atoms with Gasteiger partial charge < -0.3 is 7.58 Å². The van der Waals surface area contributed by atoms with Gasteiger partial charge in [0.25, 0.3) is 0 Å². The van der Waals surface area contributed by atoms with Crippen LogP contribution in [0.3, 0.4) is 0 Å². The Morgan fingerprint density at radius 2 is 2.11 bits per heavy atom. The first-order valence-electron chi connectivity index (χ1n) is 2.44. The van der Waals surface area contributed by atoms with Crippen LogP contribution in [-0.4, -0.2) is 40.5 Å². The van der Waals surface area contributed by atoms with Gasteiger partial charge in [-0.3, -0.25) is 0 Å². The highest BCUT2D eigenvalue weighted by molar-refractivity contribution is 6.44. The number of hydrogen-bond acceptors (Lipinski definition) is 4. The zero-order valence-corrected chi connectivity index (χ0v) is 6.61. The van der Waals surface area contributed by atoms with Crippen molar-refractivity contribution in [2.75, 3.05) is 19.6 Å². The molecule has 0 radical (unpaired) electrons. The second-order valence-electron chi connectivity index (χ2n) is 1.33. The summed E-state index contributed by atoms with van der Waals surface area (Å²) in [6.45, 7) is 0. The van der Waals surface area contributed by atoms with Gasteiger partial charge in [0.1, 0.15) is 0 Å². The predicted octanol–water partition coefficient (Wildman–Crippen LogP) is -0.358. The first-order valence-corrected chi connectivity index (χ1v) is 4.20. The van der Waals surface area contributed by atoms with E-state index in [1.807, 2.05) is 0 Å². The number of nitrogens with zero attached hydrogens (tertiary/aromatic N) is 1. The van der Waals surface area contributed by atoms with Gasteiger partial charge in [-0.1, -0.05) is 0 Å². The second-order valence-corrected chi connectivity index (χ2v) is 3.50. The summed E-state index contributed by atoms with van der Waals surface area (Å²) in [6, 6.07) is 0. The molecule has 4 nitrogen and oxygen atoms in total. The highest BCUT2D eigenvalue weighted by atomic mass is 27.2. The van der Waals surface area contributed by atoms with Crippen LogP contribution in [-0.2, 0) is 12.4 Å². The Morgan fingerprint density at radius 3 is 2.44 bits per heavy atom. The molecule has 0 saturated carbocycles. The lowest BCUT2D eigenvalue weighted by Gasteiger charge is -1.99. The fourth-order valence-electron chi connectivity index (χ4n) is 0.357. The maximum Gasteiger partial charge on any atom is 0.699 e. The van der Waals surface area contributed by atoms with Crippen molar-refractivity contribution in [2.24, 2.45) is 4.99 Å². The third kappa shape index (κ3) is 4.34. The van der Waals surface area contributed by atoms with Crippen molar-refractivity contribution < 1.29 is 12.4 Å². The molecule has 0 rings (SSSR count). The maximum absolute atomic E-state index is 9.56. The lowest BCUT2D eigenvalue weighted by molar-refractivity contribution is 0.279. The smallest absolute Gasteiger partial charge is 0.480 e. The molecule has 0 amide bonds. The van der Waals surface area contributed by atoms with Crippen LogP contribution in [0.5, 0.6) is 0 Å². The molecule has 0 spiro atoms. The summed E-state index contributed by atoms with van der Waals surface area (Å²) >= 11 is -1.64. The minimum atomic E-state index is -1.64. The molecule has 0 fully saturated rings. The van der Waals surface area contributed by atoms with E-state index in [1.54, 1.807) is 14.2 Å². The zero-order chi connectivity index (χ0) is 7.11. The van der Waals surface area contributed by atoms with E-state index in [0.717, 1.165) is 0 Å². The standard InChI is InChI=1S/C2H2NO.2CH3O.Al/c1-3-2-4;2*1-2;/h1H2;2*1H3;/q;2*-1;+2. The maximum atomic E-state index is 9.56. The predicted molar refractivity (Wildman–Crippen MR) is 32.8 cm³/mol. The van der Waals surface area contributed by atoms with E-state index in [-0.39, 0.29) is 0 Å². The van der Waals surface area contributed by atoms with E-state index in [4.69, 9.17) is 7.58 Å². The van der Waals surface area contributed by atoms with Gasteiger partial charge in [0.15, 0.2) is 0 Å². The average molecular weight is 145 g/mol. The van der Waals surface area contributed by atoms with E-state index >= 15 is 0 Å². The molecule has 0 unspecified atom stereocenters. The molecular weight excluding hydrogens is 137 g/mol. The summed E-state index contributed by atoms with van der Waals surface area (Å²) in [5.74, 6) is 0. The van der Waals surface area contributed by atoms with E-state index < -0.39 is 14.8 Å². The second kappa shape index (κ2) is 5.96. The van der Waals surface area contributed by atoms with Crippen molar-refractivity contribution in [1.82, 2.24) is 0 Å². The molecule has 9 heavy (non-hydrogen) atoms.